The average Bonchev–Trinajstić information content (AvgIpc) is 2.34. The molecule has 0 aliphatic rings. The van der Waals surface area contributed by atoms with E-state index in [9.17, 15) is 9.59 Å². The van der Waals surface area contributed by atoms with E-state index in [1.165, 1.54) is 17.0 Å². The maximum atomic E-state index is 12.1. The highest BCUT2D eigenvalue weighted by Gasteiger charge is 2.15. The molecule has 2 amide bonds. The molecule has 0 atom stereocenters. The molecule has 6 heteroatoms. The van der Waals surface area contributed by atoms with Crippen LogP contribution >= 0.6 is 11.6 Å². The van der Waals surface area contributed by atoms with Crippen molar-refractivity contribution in [3.8, 4) is 0 Å². The molecular formula is C13H18ClN3O2. The summed E-state index contributed by atoms with van der Waals surface area (Å²) in [5.74, 6) is -0.478. The molecule has 0 fully saturated rings. The zero-order valence-electron chi connectivity index (χ0n) is 11.1. The van der Waals surface area contributed by atoms with Gasteiger partial charge in [0.05, 0.1) is 6.54 Å². The van der Waals surface area contributed by atoms with Gasteiger partial charge in [-0.25, -0.2) is 0 Å². The molecule has 5 nitrogen and oxygen atoms in total. The molecule has 0 radical (unpaired) electrons. The SMILES string of the molecule is CCCNC(=O)CN(C)C(=O)c1cc(N)cc(Cl)c1. The third-order valence-corrected chi connectivity index (χ3v) is 2.68. The molecule has 1 aromatic rings. The third-order valence-electron chi connectivity index (χ3n) is 2.47. The Morgan fingerprint density at radius 2 is 2.05 bits per heavy atom. The molecule has 0 heterocycles. The summed E-state index contributed by atoms with van der Waals surface area (Å²) in [5, 5.41) is 3.10. The molecule has 0 saturated carbocycles. The molecule has 0 aromatic heterocycles. The van der Waals surface area contributed by atoms with Crippen molar-refractivity contribution >= 4 is 29.1 Å². The van der Waals surface area contributed by atoms with Gasteiger partial charge < -0.3 is 16.0 Å². The zero-order chi connectivity index (χ0) is 14.4. The third kappa shape index (κ3) is 4.79. The number of nitrogens with zero attached hydrogens (tertiary/aromatic N) is 1. The molecule has 0 aliphatic carbocycles. The molecule has 0 unspecified atom stereocenters. The molecule has 1 aromatic carbocycles. The second kappa shape index (κ2) is 6.99. The lowest BCUT2D eigenvalue weighted by molar-refractivity contribution is -0.121. The van der Waals surface area contributed by atoms with Crippen molar-refractivity contribution in [2.45, 2.75) is 13.3 Å². The van der Waals surface area contributed by atoms with E-state index in [0.717, 1.165) is 6.42 Å². The van der Waals surface area contributed by atoms with Crippen molar-refractivity contribution in [2.75, 3.05) is 25.9 Å². The van der Waals surface area contributed by atoms with Crippen LogP contribution in [-0.2, 0) is 4.79 Å². The molecule has 0 aliphatic heterocycles. The van der Waals surface area contributed by atoms with Gasteiger partial charge in [-0.2, -0.15) is 0 Å². The van der Waals surface area contributed by atoms with Crippen molar-refractivity contribution in [1.29, 1.82) is 0 Å². The Morgan fingerprint density at radius 1 is 1.37 bits per heavy atom. The van der Waals surface area contributed by atoms with E-state index < -0.39 is 0 Å². The summed E-state index contributed by atoms with van der Waals surface area (Å²) in [6.07, 6.45) is 0.855. The van der Waals surface area contributed by atoms with E-state index in [1.807, 2.05) is 6.92 Å². The van der Waals surface area contributed by atoms with E-state index in [0.29, 0.717) is 22.8 Å². The lowest BCUT2D eigenvalue weighted by atomic mass is 10.2. The molecule has 0 saturated heterocycles. The molecular weight excluding hydrogens is 266 g/mol. The Kier molecular flexibility index (Phi) is 5.63. The van der Waals surface area contributed by atoms with E-state index in [4.69, 9.17) is 17.3 Å². The number of likely N-dealkylation sites (N-methyl/N-ethyl adjacent to an activating group) is 1. The molecule has 104 valence electrons. The highest BCUT2D eigenvalue weighted by molar-refractivity contribution is 6.31. The number of halogens is 1. The fourth-order valence-electron chi connectivity index (χ4n) is 1.56. The van der Waals surface area contributed by atoms with Crippen LogP contribution in [0.25, 0.3) is 0 Å². The van der Waals surface area contributed by atoms with Gasteiger partial charge in [-0.1, -0.05) is 18.5 Å². The Hall–Kier alpha value is -1.75. The number of carbonyl (C=O) groups is 2. The Balaban J connectivity index is 2.68. The van der Waals surface area contributed by atoms with Crippen LogP contribution in [0.5, 0.6) is 0 Å². The monoisotopic (exact) mass is 283 g/mol. The number of hydrogen-bond acceptors (Lipinski definition) is 3. The number of amides is 2. The van der Waals surface area contributed by atoms with Crippen molar-refractivity contribution in [2.24, 2.45) is 0 Å². The number of benzene rings is 1. The van der Waals surface area contributed by atoms with Crippen molar-refractivity contribution in [3.05, 3.63) is 28.8 Å². The van der Waals surface area contributed by atoms with Gasteiger partial charge in [0.25, 0.3) is 5.91 Å². The maximum Gasteiger partial charge on any atom is 0.254 e. The molecule has 0 bridgehead atoms. The van der Waals surface area contributed by atoms with Gasteiger partial charge in [0.1, 0.15) is 0 Å². The fourth-order valence-corrected chi connectivity index (χ4v) is 1.81. The topological polar surface area (TPSA) is 75.4 Å². The van der Waals surface area contributed by atoms with Crippen LogP contribution in [0.4, 0.5) is 5.69 Å². The number of hydrogen-bond donors (Lipinski definition) is 2. The van der Waals surface area contributed by atoms with Crippen molar-refractivity contribution in [1.82, 2.24) is 10.2 Å². The van der Waals surface area contributed by atoms with Gasteiger partial charge in [0, 0.05) is 29.9 Å². The zero-order valence-corrected chi connectivity index (χ0v) is 11.8. The standard InChI is InChI=1S/C13H18ClN3O2/c1-3-4-16-12(18)8-17(2)13(19)9-5-10(14)7-11(15)6-9/h5-7H,3-4,8,15H2,1-2H3,(H,16,18). The number of nitrogen functional groups attached to an aromatic ring is 1. The lowest BCUT2D eigenvalue weighted by Gasteiger charge is -2.17. The number of carbonyl (C=O) groups excluding carboxylic acids is 2. The largest absolute Gasteiger partial charge is 0.399 e. The average molecular weight is 284 g/mol. The summed E-state index contributed by atoms with van der Waals surface area (Å²) in [7, 11) is 1.56. The van der Waals surface area contributed by atoms with Crippen LogP contribution in [0.1, 0.15) is 23.7 Å². The minimum Gasteiger partial charge on any atom is -0.399 e. The van der Waals surface area contributed by atoms with E-state index >= 15 is 0 Å². The normalized spacial score (nSPS) is 10.1. The summed E-state index contributed by atoms with van der Waals surface area (Å²) in [6, 6.07) is 4.63. The lowest BCUT2D eigenvalue weighted by Crippen LogP contribution is -2.38. The molecule has 3 N–H and O–H groups in total. The minimum atomic E-state index is -0.291. The Bertz CT molecular complexity index is 457. The van der Waals surface area contributed by atoms with E-state index in [1.54, 1.807) is 13.1 Å². The Morgan fingerprint density at radius 3 is 2.63 bits per heavy atom. The van der Waals surface area contributed by atoms with E-state index in [2.05, 4.69) is 5.32 Å². The number of rotatable bonds is 5. The first kappa shape index (κ1) is 15.3. The highest BCUT2D eigenvalue weighted by Crippen LogP contribution is 2.17. The number of nitrogens with one attached hydrogen (secondary N) is 1. The van der Waals surface area contributed by atoms with Crippen LogP contribution in [0.2, 0.25) is 5.02 Å². The predicted octanol–water partition coefficient (Wildman–Crippen LogP) is 1.52. The highest BCUT2D eigenvalue weighted by atomic mass is 35.5. The first-order valence-corrected chi connectivity index (χ1v) is 6.40. The summed E-state index contributed by atoms with van der Waals surface area (Å²) in [6.45, 7) is 2.57. The quantitative estimate of drug-likeness (QED) is 0.805. The first-order valence-electron chi connectivity index (χ1n) is 6.02. The smallest absolute Gasteiger partial charge is 0.254 e. The van der Waals surface area contributed by atoms with Gasteiger partial charge in [0.15, 0.2) is 0 Å². The van der Waals surface area contributed by atoms with Gasteiger partial charge in [-0.05, 0) is 24.6 Å². The summed E-state index contributed by atoms with van der Waals surface area (Å²) in [5.41, 5.74) is 6.42. The van der Waals surface area contributed by atoms with Crippen LogP contribution in [-0.4, -0.2) is 36.9 Å². The predicted molar refractivity (Wildman–Crippen MR) is 76.1 cm³/mol. The summed E-state index contributed by atoms with van der Waals surface area (Å²) < 4.78 is 0. The van der Waals surface area contributed by atoms with Crippen LogP contribution in [0.3, 0.4) is 0 Å². The Labute approximate surface area is 117 Å². The molecule has 0 spiro atoms. The van der Waals surface area contributed by atoms with Gasteiger partial charge in [-0.3, -0.25) is 9.59 Å². The summed E-state index contributed by atoms with van der Waals surface area (Å²) >= 11 is 5.84. The van der Waals surface area contributed by atoms with E-state index in [-0.39, 0.29) is 18.4 Å². The number of nitrogens with two attached hydrogens (primary N) is 1. The molecule has 19 heavy (non-hydrogen) atoms. The van der Waals surface area contributed by atoms with Crippen LogP contribution < -0.4 is 11.1 Å². The first-order chi connectivity index (χ1) is 8.93. The summed E-state index contributed by atoms with van der Waals surface area (Å²) in [4.78, 5) is 24.9. The number of anilines is 1. The van der Waals surface area contributed by atoms with Crippen LogP contribution in [0, 0.1) is 0 Å². The minimum absolute atomic E-state index is 0.00521. The van der Waals surface area contributed by atoms with Crippen LogP contribution in [0.15, 0.2) is 18.2 Å². The molecule has 1 rings (SSSR count). The van der Waals surface area contributed by atoms with Gasteiger partial charge >= 0.3 is 0 Å². The fraction of sp³-hybridized carbons (Fsp3) is 0.385. The van der Waals surface area contributed by atoms with Crippen molar-refractivity contribution < 1.29 is 9.59 Å². The van der Waals surface area contributed by atoms with Gasteiger partial charge in [0.2, 0.25) is 5.91 Å². The second-order valence-corrected chi connectivity index (χ2v) is 4.72. The van der Waals surface area contributed by atoms with Crippen molar-refractivity contribution in [3.63, 3.8) is 0 Å². The second-order valence-electron chi connectivity index (χ2n) is 4.28. The van der Waals surface area contributed by atoms with Gasteiger partial charge in [-0.15, -0.1) is 0 Å². The maximum absolute atomic E-state index is 12.1.